The SMILES string of the molecule is COc1ccc(C(CNC(=O)CN2CCN(c3ccccn3)CC2)N2CCCCC2)cc1. The molecule has 0 spiro atoms. The maximum absolute atomic E-state index is 12.8. The number of nitrogens with one attached hydrogen (secondary N) is 1. The van der Waals surface area contributed by atoms with Crippen molar-refractivity contribution in [3.63, 3.8) is 0 Å². The van der Waals surface area contributed by atoms with Crippen molar-refractivity contribution in [2.45, 2.75) is 25.3 Å². The summed E-state index contributed by atoms with van der Waals surface area (Å²) in [5, 5.41) is 3.22. The van der Waals surface area contributed by atoms with E-state index >= 15 is 0 Å². The molecule has 2 saturated heterocycles. The second-order valence-corrected chi connectivity index (χ2v) is 8.64. The standard InChI is InChI=1S/C25H35N5O2/c1-32-22-10-8-21(9-11-22)23(29-13-5-2-6-14-29)19-27-25(31)20-28-15-17-30(18-16-28)24-7-3-4-12-26-24/h3-4,7-12,23H,2,5-6,13-20H2,1H3,(H,27,31). The summed E-state index contributed by atoms with van der Waals surface area (Å²) in [7, 11) is 1.69. The number of nitrogens with zero attached hydrogens (tertiary/aromatic N) is 4. The molecule has 1 N–H and O–H groups in total. The molecule has 1 aromatic heterocycles. The van der Waals surface area contributed by atoms with Crippen molar-refractivity contribution >= 4 is 11.7 Å². The van der Waals surface area contributed by atoms with Crippen LogP contribution in [-0.4, -0.2) is 80.2 Å². The Morgan fingerprint density at radius 2 is 1.75 bits per heavy atom. The molecule has 3 heterocycles. The molecule has 7 nitrogen and oxygen atoms in total. The predicted octanol–water partition coefficient (Wildman–Crippen LogP) is 2.56. The molecule has 1 unspecified atom stereocenters. The Balaban J connectivity index is 1.29. The van der Waals surface area contributed by atoms with Gasteiger partial charge in [0, 0.05) is 38.9 Å². The van der Waals surface area contributed by atoms with Crippen molar-refractivity contribution < 1.29 is 9.53 Å². The minimum Gasteiger partial charge on any atom is -0.497 e. The summed E-state index contributed by atoms with van der Waals surface area (Å²) in [6.07, 6.45) is 5.57. The molecule has 2 fully saturated rings. The van der Waals surface area contributed by atoms with Gasteiger partial charge in [0.2, 0.25) is 5.91 Å². The minimum atomic E-state index is 0.104. The number of benzene rings is 1. The number of likely N-dealkylation sites (tertiary alicyclic amines) is 1. The number of rotatable bonds is 8. The first-order valence-corrected chi connectivity index (χ1v) is 11.8. The molecule has 2 aliphatic rings. The van der Waals surface area contributed by atoms with Gasteiger partial charge in [0.1, 0.15) is 11.6 Å². The topological polar surface area (TPSA) is 60.9 Å². The van der Waals surface area contributed by atoms with E-state index in [1.807, 2.05) is 36.5 Å². The number of anilines is 1. The average Bonchev–Trinajstić information content (AvgIpc) is 2.86. The molecule has 1 aromatic carbocycles. The molecule has 2 aliphatic heterocycles. The Morgan fingerprint density at radius 1 is 1.00 bits per heavy atom. The van der Waals surface area contributed by atoms with Crippen molar-refractivity contribution in [2.24, 2.45) is 0 Å². The van der Waals surface area contributed by atoms with E-state index in [9.17, 15) is 4.79 Å². The van der Waals surface area contributed by atoms with Crippen molar-refractivity contribution in [3.05, 3.63) is 54.2 Å². The monoisotopic (exact) mass is 437 g/mol. The van der Waals surface area contributed by atoms with Crippen LogP contribution in [0.1, 0.15) is 30.9 Å². The highest BCUT2D eigenvalue weighted by Gasteiger charge is 2.24. The van der Waals surface area contributed by atoms with Gasteiger partial charge in [0.05, 0.1) is 19.7 Å². The summed E-state index contributed by atoms with van der Waals surface area (Å²) in [5.74, 6) is 1.98. The van der Waals surface area contributed by atoms with Crippen LogP contribution >= 0.6 is 0 Å². The Hall–Kier alpha value is -2.64. The van der Waals surface area contributed by atoms with Gasteiger partial charge in [-0.05, 0) is 55.8 Å². The van der Waals surface area contributed by atoms with E-state index in [1.54, 1.807) is 7.11 Å². The number of aromatic nitrogens is 1. The van der Waals surface area contributed by atoms with E-state index in [-0.39, 0.29) is 11.9 Å². The molecule has 0 aliphatic carbocycles. The van der Waals surface area contributed by atoms with Gasteiger partial charge >= 0.3 is 0 Å². The van der Waals surface area contributed by atoms with Crippen LogP contribution in [0.25, 0.3) is 0 Å². The zero-order chi connectivity index (χ0) is 22.2. The Labute approximate surface area is 191 Å². The third-order valence-electron chi connectivity index (χ3n) is 6.54. The molecular weight excluding hydrogens is 402 g/mol. The predicted molar refractivity (Wildman–Crippen MR) is 127 cm³/mol. The van der Waals surface area contributed by atoms with Crippen molar-refractivity contribution in [1.29, 1.82) is 0 Å². The van der Waals surface area contributed by atoms with Crippen LogP contribution in [0.3, 0.4) is 0 Å². The summed E-state index contributed by atoms with van der Waals surface area (Å²) in [6.45, 7) is 6.80. The van der Waals surface area contributed by atoms with E-state index in [4.69, 9.17) is 4.74 Å². The van der Waals surface area contributed by atoms with Crippen LogP contribution in [0.4, 0.5) is 5.82 Å². The fourth-order valence-electron chi connectivity index (χ4n) is 4.66. The highest BCUT2D eigenvalue weighted by molar-refractivity contribution is 5.78. The Bertz CT molecular complexity index is 831. The van der Waals surface area contributed by atoms with Crippen LogP contribution in [0.15, 0.2) is 48.7 Å². The lowest BCUT2D eigenvalue weighted by Gasteiger charge is -2.36. The molecular formula is C25H35N5O2. The third kappa shape index (κ3) is 5.99. The van der Waals surface area contributed by atoms with E-state index in [0.717, 1.165) is 50.8 Å². The van der Waals surface area contributed by atoms with Crippen molar-refractivity contribution in [3.8, 4) is 5.75 Å². The lowest BCUT2D eigenvalue weighted by Crippen LogP contribution is -2.50. The average molecular weight is 438 g/mol. The Morgan fingerprint density at radius 3 is 2.41 bits per heavy atom. The lowest BCUT2D eigenvalue weighted by atomic mass is 10.0. The second-order valence-electron chi connectivity index (χ2n) is 8.64. The number of hydrogen-bond donors (Lipinski definition) is 1. The van der Waals surface area contributed by atoms with Crippen LogP contribution in [0.5, 0.6) is 5.75 Å². The zero-order valence-corrected chi connectivity index (χ0v) is 19.1. The maximum Gasteiger partial charge on any atom is 0.234 e. The quantitative estimate of drug-likeness (QED) is 0.685. The molecule has 1 amide bonds. The number of carbonyl (C=O) groups excluding carboxylic acids is 1. The summed E-state index contributed by atoms with van der Waals surface area (Å²) in [5.41, 5.74) is 1.23. The summed E-state index contributed by atoms with van der Waals surface area (Å²) < 4.78 is 5.32. The number of piperidine rings is 1. The molecule has 32 heavy (non-hydrogen) atoms. The van der Waals surface area contributed by atoms with Gasteiger partial charge in [-0.2, -0.15) is 0 Å². The fourth-order valence-corrected chi connectivity index (χ4v) is 4.66. The number of methoxy groups -OCH3 is 1. The van der Waals surface area contributed by atoms with E-state index in [2.05, 4.69) is 37.1 Å². The summed E-state index contributed by atoms with van der Waals surface area (Å²) in [6, 6.07) is 14.5. The van der Waals surface area contributed by atoms with E-state index < -0.39 is 0 Å². The summed E-state index contributed by atoms with van der Waals surface area (Å²) in [4.78, 5) is 24.2. The van der Waals surface area contributed by atoms with Crippen LogP contribution in [-0.2, 0) is 4.79 Å². The Kier molecular flexibility index (Phi) is 7.96. The van der Waals surface area contributed by atoms with Crippen LogP contribution < -0.4 is 15.0 Å². The molecule has 0 saturated carbocycles. The second kappa shape index (κ2) is 11.3. The van der Waals surface area contributed by atoms with Crippen molar-refractivity contribution in [1.82, 2.24) is 20.1 Å². The normalized spacial score (nSPS) is 18.8. The van der Waals surface area contributed by atoms with Gasteiger partial charge in [0.25, 0.3) is 0 Å². The lowest BCUT2D eigenvalue weighted by molar-refractivity contribution is -0.122. The molecule has 1 atom stereocenters. The summed E-state index contributed by atoms with van der Waals surface area (Å²) >= 11 is 0. The smallest absolute Gasteiger partial charge is 0.234 e. The molecule has 7 heteroatoms. The molecule has 4 rings (SSSR count). The van der Waals surface area contributed by atoms with Gasteiger partial charge in [-0.3, -0.25) is 14.6 Å². The van der Waals surface area contributed by atoms with E-state index in [1.165, 1.54) is 24.8 Å². The molecule has 0 bridgehead atoms. The minimum absolute atomic E-state index is 0.104. The van der Waals surface area contributed by atoms with Crippen LogP contribution in [0, 0.1) is 0 Å². The van der Waals surface area contributed by atoms with Gasteiger partial charge in [-0.1, -0.05) is 24.6 Å². The first-order valence-electron chi connectivity index (χ1n) is 11.8. The first-order chi connectivity index (χ1) is 15.7. The third-order valence-corrected chi connectivity index (χ3v) is 6.54. The zero-order valence-electron chi connectivity index (χ0n) is 19.1. The van der Waals surface area contributed by atoms with Gasteiger partial charge in [0.15, 0.2) is 0 Å². The number of ether oxygens (including phenoxy) is 1. The number of carbonyl (C=O) groups is 1. The largest absolute Gasteiger partial charge is 0.497 e. The van der Waals surface area contributed by atoms with Crippen molar-refractivity contribution in [2.75, 3.05) is 64.4 Å². The number of piperazine rings is 1. The highest BCUT2D eigenvalue weighted by Crippen LogP contribution is 2.26. The number of pyridine rings is 1. The van der Waals surface area contributed by atoms with Crippen LogP contribution in [0.2, 0.25) is 0 Å². The van der Waals surface area contributed by atoms with Gasteiger partial charge in [-0.15, -0.1) is 0 Å². The molecule has 172 valence electrons. The van der Waals surface area contributed by atoms with Gasteiger partial charge < -0.3 is 15.0 Å². The number of hydrogen-bond acceptors (Lipinski definition) is 6. The number of amides is 1. The highest BCUT2D eigenvalue weighted by atomic mass is 16.5. The maximum atomic E-state index is 12.8. The first kappa shape index (κ1) is 22.6. The molecule has 2 aromatic rings. The molecule has 0 radical (unpaired) electrons. The van der Waals surface area contributed by atoms with Gasteiger partial charge in [-0.25, -0.2) is 4.98 Å². The fraction of sp³-hybridized carbons (Fsp3) is 0.520. The van der Waals surface area contributed by atoms with E-state index in [0.29, 0.717) is 13.1 Å².